The number of amides is 1. The first kappa shape index (κ1) is 16.4. The van der Waals surface area contributed by atoms with Gasteiger partial charge in [0.15, 0.2) is 17.5 Å². The van der Waals surface area contributed by atoms with Gasteiger partial charge in [0.2, 0.25) is 0 Å². The summed E-state index contributed by atoms with van der Waals surface area (Å²) in [5.41, 5.74) is 0.860. The topological polar surface area (TPSA) is 75.0 Å². The Hall–Kier alpha value is -3.03. The molecule has 0 spiro atoms. The summed E-state index contributed by atoms with van der Waals surface area (Å²) >= 11 is 0. The van der Waals surface area contributed by atoms with Crippen LogP contribution in [0.15, 0.2) is 41.1 Å². The molecule has 6 nitrogen and oxygen atoms in total. The largest absolute Gasteiger partial charge is 0.357 e. The zero-order valence-electron chi connectivity index (χ0n) is 13.8. The Morgan fingerprint density at radius 2 is 2.15 bits per heavy atom. The molecular formula is C18H16F2N4O2. The summed E-state index contributed by atoms with van der Waals surface area (Å²) in [7, 11) is 0. The lowest BCUT2D eigenvalue weighted by Crippen LogP contribution is -2.39. The minimum absolute atomic E-state index is 0.0644. The van der Waals surface area contributed by atoms with E-state index >= 15 is 0 Å². The predicted octanol–water partition coefficient (Wildman–Crippen LogP) is 3.36. The molecule has 1 amide bonds. The fourth-order valence-electron chi connectivity index (χ4n) is 3.16. The second-order valence-corrected chi connectivity index (χ2v) is 6.26. The third-order valence-electron chi connectivity index (χ3n) is 4.51. The Morgan fingerprint density at radius 1 is 1.27 bits per heavy atom. The molecule has 26 heavy (non-hydrogen) atoms. The van der Waals surface area contributed by atoms with Gasteiger partial charge >= 0.3 is 0 Å². The second kappa shape index (κ2) is 6.70. The Balaban J connectivity index is 1.50. The van der Waals surface area contributed by atoms with Crippen LogP contribution in [0.5, 0.6) is 0 Å². The smallest absolute Gasteiger partial charge is 0.274 e. The number of carbonyl (C=O) groups excluding carboxylic acids is 1. The van der Waals surface area contributed by atoms with Gasteiger partial charge in [0.25, 0.3) is 11.8 Å². The van der Waals surface area contributed by atoms with Crippen LogP contribution in [0.3, 0.4) is 0 Å². The first-order chi connectivity index (χ1) is 12.6. The number of aromatic nitrogens is 3. The lowest BCUT2D eigenvalue weighted by atomic mass is 9.96. The molecule has 0 radical (unpaired) electrons. The molecule has 1 fully saturated rings. The fourth-order valence-corrected chi connectivity index (χ4v) is 3.16. The molecule has 1 atom stereocenters. The Labute approximate surface area is 147 Å². The molecule has 1 saturated heterocycles. The van der Waals surface area contributed by atoms with E-state index in [0.29, 0.717) is 24.8 Å². The van der Waals surface area contributed by atoms with E-state index in [1.54, 1.807) is 11.1 Å². The molecule has 0 aliphatic carbocycles. The molecule has 0 unspecified atom stereocenters. The van der Waals surface area contributed by atoms with E-state index in [2.05, 4.69) is 15.1 Å². The van der Waals surface area contributed by atoms with Crippen LogP contribution in [-0.2, 0) is 0 Å². The molecule has 1 aliphatic heterocycles. The third kappa shape index (κ3) is 3.10. The summed E-state index contributed by atoms with van der Waals surface area (Å²) in [4.78, 5) is 21.6. The van der Waals surface area contributed by atoms with E-state index in [1.807, 2.05) is 12.1 Å². The normalized spacial score (nSPS) is 17.5. The van der Waals surface area contributed by atoms with E-state index in [0.717, 1.165) is 30.7 Å². The molecule has 1 N–H and O–H groups in total. The zero-order valence-corrected chi connectivity index (χ0v) is 13.8. The average molecular weight is 358 g/mol. The molecule has 3 heterocycles. The van der Waals surface area contributed by atoms with Crippen molar-refractivity contribution in [2.75, 3.05) is 13.1 Å². The monoisotopic (exact) mass is 358 g/mol. The highest BCUT2D eigenvalue weighted by molar-refractivity contribution is 5.94. The average Bonchev–Trinajstić information content (AvgIpc) is 3.35. The summed E-state index contributed by atoms with van der Waals surface area (Å²) in [6, 6.07) is 6.85. The maximum atomic E-state index is 13.4. The van der Waals surface area contributed by atoms with E-state index in [9.17, 15) is 13.6 Å². The zero-order chi connectivity index (χ0) is 18.1. The maximum Gasteiger partial charge on any atom is 0.274 e. The second-order valence-electron chi connectivity index (χ2n) is 6.26. The third-order valence-corrected chi connectivity index (χ3v) is 4.51. The summed E-state index contributed by atoms with van der Waals surface area (Å²) in [6.45, 7) is 0.956. The molecule has 0 bridgehead atoms. The van der Waals surface area contributed by atoms with Gasteiger partial charge in [0.1, 0.15) is 5.69 Å². The highest BCUT2D eigenvalue weighted by atomic mass is 19.2. The molecular weight excluding hydrogens is 342 g/mol. The quantitative estimate of drug-likeness (QED) is 0.779. The maximum absolute atomic E-state index is 13.4. The van der Waals surface area contributed by atoms with Gasteiger partial charge in [-0.3, -0.25) is 4.79 Å². The Morgan fingerprint density at radius 3 is 2.92 bits per heavy atom. The van der Waals surface area contributed by atoms with Crippen LogP contribution < -0.4 is 0 Å². The van der Waals surface area contributed by atoms with Crippen LogP contribution in [0.4, 0.5) is 8.78 Å². The van der Waals surface area contributed by atoms with E-state index in [1.165, 1.54) is 6.07 Å². The summed E-state index contributed by atoms with van der Waals surface area (Å²) in [5.74, 6) is -1.46. The van der Waals surface area contributed by atoms with Crippen molar-refractivity contribution < 1.29 is 18.1 Å². The lowest BCUT2D eigenvalue weighted by Gasteiger charge is -2.31. The minimum Gasteiger partial charge on any atom is -0.357 e. The Kier molecular flexibility index (Phi) is 4.24. The number of H-pyrrole nitrogens is 1. The first-order valence-corrected chi connectivity index (χ1v) is 8.33. The van der Waals surface area contributed by atoms with E-state index in [-0.39, 0.29) is 17.4 Å². The van der Waals surface area contributed by atoms with Gasteiger partial charge in [-0.2, -0.15) is 4.98 Å². The molecule has 1 aromatic carbocycles. The minimum atomic E-state index is -1.03. The molecule has 3 aromatic rings. The van der Waals surface area contributed by atoms with Crippen LogP contribution in [0, 0.1) is 11.6 Å². The summed E-state index contributed by atoms with van der Waals surface area (Å²) in [5, 5.41) is 4.03. The Bertz CT molecular complexity index is 923. The van der Waals surface area contributed by atoms with Crippen molar-refractivity contribution in [2.45, 2.75) is 18.8 Å². The van der Waals surface area contributed by atoms with Gasteiger partial charge in [-0.05, 0) is 43.2 Å². The molecule has 1 aliphatic rings. The molecule has 4 rings (SSSR count). The standard InChI is InChI=1S/C18H16F2N4O2/c19-13-6-5-11(9-14(13)20)18(25)24-8-2-3-12(10-24)16-22-17(26-23-16)15-4-1-7-21-15/h1,4-7,9,12,21H,2-3,8,10H2/t12-/m0/s1. The van der Waals surface area contributed by atoms with Gasteiger partial charge in [-0.1, -0.05) is 5.16 Å². The molecule has 134 valence electrons. The number of hydrogen-bond donors (Lipinski definition) is 1. The van der Waals surface area contributed by atoms with Crippen LogP contribution in [0.2, 0.25) is 0 Å². The molecule has 8 heteroatoms. The van der Waals surface area contributed by atoms with Gasteiger partial charge < -0.3 is 14.4 Å². The fraction of sp³-hybridized carbons (Fsp3) is 0.278. The number of nitrogens with zero attached hydrogens (tertiary/aromatic N) is 3. The number of nitrogens with one attached hydrogen (secondary N) is 1. The van der Waals surface area contributed by atoms with Crippen molar-refractivity contribution in [3.05, 3.63) is 59.6 Å². The van der Waals surface area contributed by atoms with Crippen LogP contribution in [0.1, 0.15) is 34.9 Å². The SMILES string of the molecule is O=C(c1ccc(F)c(F)c1)N1CCC[C@H](c2noc(-c3ccc[nH]3)n2)C1. The van der Waals surface area contributed by atoms with Gasteiger partial charge in [-0.15, -0.1) is 0 Å². The summed E-state index contributed by atoms with van der Waals surface area (Å²) < 4.78 is 31.8. The van der Waals surface area contributed by atoms with E-state index < -0.39 is 11.6 Å². The number of benzene rings is 1. The predicted molar refractivity (Wildman–Crippen MR) is 88.3 cm³/mol. The van der Waals surface area contributed by atoms with Gasteiger partial charge in [-0.25, -0.2) is 8.78 Å². The molecule has 2 aromatic heterocycles. The van der Waals surface area contributed by atoms with Crippen molar-refractivity contribution in [1.29, 1.82) is 0 Å². The number of piperidine rings is 1. The van der Waals surface area contributed by atoms with Crippen LogP contribution in [0.25, 0.3) is 11.6 Å². The van der Waals surface area contributed by atoms with Gasteiger partial charge in [0.05, 0.1) is 0 Å². The number of hydrogen-bond acceptors (Lipinski definition) is 4. The van der Waals surface area contributed by atoms with Crippen LogP contribution >= 0.6 is 0 Å². The number of halogens is 2. The highest BCUT2D eigenvalue weighted by Gasteiger charge is 2.29. The van der Waals surface area contributed by atoms with Crippen molar-refractivity contribution in [3.63, 3.8) is 0 Å². The number of aromatic amines is 1. The van der Waals surface area contributed by atoms with Crippen molar-refractivity contribution in [3.8, 4) is 11.6 Å². The van der Waals surface area contributed by atoms with E-state index in [4.69, 9.17) is 4.52 Å². The van der Waals surface area contributed by atoms with Crippen molar-refractivity contribution in [1.82, 2.24) is 20.0 Å². The molecule has 0 saturated carbocycles. The summed E-state index contributed by atoms with van der Waals surface area (Å²) in [6.07, 6.45) is 3.36. The number of likely N-dealkylation sites (tertiary alicyclic amines) is 1. The highest BCUT2D eigenvalue weighted by Crippen LogP contribution is 2.27. The number of rotatable bonds is 3. The van der Waals surface area contributed by atoms with Crippen LogP contribution in [-0.4, -0.2) is 39.0 Å². The van der Waals surface area contributed by atoms with Crippen molar-refractivity contribution in [2.24, 2.45) is 0 Å². The first-order valence-electron chi connectivity index (χ1n) is 8.33. The van der Waals surface area contributed by atoms with Gasteiger partial charge in [0, 0.05) is 30.8 Å². The van der Waals surface area contributed by atoms with Crippen molar-refractivity contribution >= 4 is 5.91 Å². The number of carbonyl (C=O) groups is 1. The lowest BCUT2D eigenvalue weighted by molar-refractivity contribution is 0.0703.